The maximum atomic E-state index is 5.98. The number of halogens is 1. The highest BCUT2D eigenvalue weighted by atomic mass is 35.5. The minimum atomic E-state index is 0.679. The van der Waals surface area contributed by atoms with E-state index in [2.05, 4.69) is 19.2 Å². The molecule has 0 fully saturated rings. The van der Waals surface area contributed by atoms with Crippen molar-refractivity contribution < 1.29 is 9.64 Å². The minimum absolute atomic E-state index is 0.679. The van der Waals surface area contributed by atoms with Crippen LogP contribution < -0.4 is 9.64 Å². The van der Waals surface area contributed by atoms with E-state index in [1.165, 1.54) is 10.5 Å². The second-order valence-electron chi connectivity index (χ2n) is 6.54. The Morgan fingerprint density at radius 3 is 2.41 bits per heavy atom. The van der Waals surface area contributed by atoms with Gasteiger partial charge in [-0.1, -0.05) is 11.6 Å². The van der Waals surface area contributed by atoms with Gasteiger partial charge in [0.1, 0.15) is 12.3 Å². The molecule has 2 aromatic carbocycles. The van der Waals surface area contributed by atoms with E-state index >= 15 is 0 Å². The molecule has 0 saturated heterocycles. The molecular weight excluding hydrogens is 380 g/mol. The second kappa shape index (κ2) is 8.69. The number of quaternary nitrogens is 1. The van der Waals surface area contributed by atoms with Crippen LogP contribution in [-0.4, -0.2) is 28.0 Å². The largest absolute Gasteiger partial charge is 0.494 e. The normalized spacial score (nSPS) is 12.1. The van der Waals surface area contributed by atoms with Gasteiger partial charge >= 0.3 is 0 Å². The number of nitrogens with zero attached hydrogens (tertiary/aromatic N) is 3. The smallest absolute Gasteiger partial charge is 0.202 e. The van der Waals surface area contributed by atoms with E-state index in [4.69, 9.17) is 33.7 Å². The Balaban J connectivity index is 1.72. The quantitative estimate of drug-likeness (QED) is 0.614. The fourth-order valence-corrected chi connectivity index (χ4v) is 3.29. The number of ether oxygens (including phenoxy) is 1. The van der Waals surface area contributed by atoms with Crippen LogP contribution in [-0.2, 0) is 20.3 Å². The third kappa shape index (κ3) is 4.77. The Labute approximate surface area is 169 Å². The molecule has 0 spiro atoms. The van der Waals surface area contributed by atoms with Crippen molar-refractivity contribution >= 4 is 23.8 Å². The van der Waals surface area contributed by atoms with Gasteiger partial charge in [-0.15, -0.1) is 5.10 Å². The summed E-state index contributed by atoms with van der Waals surface area (Å²) >= 11 is 11.6. The van der Waals surface area contributed by atoms with Crippen LogP contribution in [0, 0.1) is 4.77 Å². The predicted molar refractivity (Wildman–Crippen MR) is 111 cm³/mol. The highest BCUT2D eigenvalue weighted by molar-refractivity contribution is 7.71. The zero-order chi connectivity index (χ0) is 19.4. The van der Waals surface area contributed by atoms with Crippen molar-refractivity contribution in [1.29, 1.82) is 0 Å². The lowest BCUT2D eigenvalue weighted by Crippen LogP contribution is -3.07. The zero-order valence-electron chi connectivity index (χ0n) is 15.8. The van der Waals surface area contributed by atoms with Gasteiger partial charge in [-0.2, -0.15) is 4.68 Å². The van der Waals surface area contributed by atoms with Gasteiger partial charge in [-0.05, 0) is 67.7 Å². The summed E-state index contributed by atoms with van der Waals surface area (Å²) in [5, 5.41) is 5.43. The first-order valence-corrected chi connectivity index (χ1v) is 9.69. The molecule has 3 aromatic rings. The molecule has 1 N–H and O–H groups in total. The first-order valence-electron chi connectivity index (χ1n) is 8.90. The van der Waals surface area contributed by atoms with Crippen LogP contribution in [0.15, 0.2) is 48.5 Å². The molecule has 0 saturated carbocycles. The monoisotopic (exact) mass is 403 g/mol. The minimum Gasteiger partial charge on any atom is -0.494 e. The van der Waals surface area contributed by atoms with Crippen molar-refractivity contribution in [3.8, 4) is 17.1 Å². The molecule has 0 aliphatic heterocycles. The molecule has 0 aliphatic carbocycles. The van der Waals surface area contributed by atoms with Crippen molar-refractivity contribution in [2.24, 2.45) is 7.05 Å². The summed E-state index contributed by atoms with van der Waals surface area (Å²) in [7, 11) is 4.08. The molecule has 1 atom stereocenters. The van der Waals surface area contributed by atoms with E-state index in [1.807, 2.05) is 59.6 Å². The van der Waals surface area contributed by atoms with E-state index in [0.717, 1.165) is 23.7 Å². The average Bonchev–Trinajstić information content (AvgIpc) is 2.93. The van der Waals surface area contributed by atoms with Crippen molar-refractivity contribution in [2.45, 2.75) is 20.1 Å². The van der Waals surface area contributed by atoms with Crippen LogP contribution in [0.25, 0.3) is 11.4 Å². The second-order valence-corrected chi connectivity index (χ2v) is 7.34. The summed E-state index contributed by atoms with van der Waals surface area (Å²) in [6.07, 6.45) is 0. The number of hydrogen-bond acceptors (Lipinski definition) is 3. The maximum Gasteiger partial charge on any atom is 0.202 e. The standard InChI is InChI=1S/C20H23ClN4OS/c1-4-26-18-11-5-15(6-12-18)13-23(2)14-25-20(27)24(3)19(22-25)16-7-9-17(21)10-8-16/h5-12H,4,13-14H2,1-3H3/p+1. The SMILES string of the molecule is CCOc1ccc(C[NH+](C)Cn2nc(-c3ccc(Cl)cc3)n(C)c2=S)cc1. The van der Waals surface area contributed by atoms with Crippen molar-refractivity contribution in [2.75, 3.05) is 13.7 Å². The van der Waals surface area contributed by atoms with Crippen LogP contribution in [0.1, 0.15) is 12.5 Å². The lowest BCUT2D eigenvalue weighted by molar-refractivity contribution is -0.917. The van der Waals surface area contributed by atoms with Gasteiger partial charge in [0.15, 0.2) is 12.5 Å². The number of benzene rings is 2. The number of hydrogen-bond donors (Lipinski definition) is 1. The fraction of sp³-hybridized carbons (Fsp3) is 0.300. The van der Waals surface area contributed by atoms with Crippen molar-refractivity contribution in [1.82, 2.24) is 14.3 Å². The Kier molecular flexibility index (Phi) is 6.31. The molecule has 27 heavy (non-hydrogen) atoms. The summed E-state index contributed by atoms with van der Waals surface area (Å²) < 4.78 is 10.0. The van der Waals surface area contributed by atoms with Gasteiger partial charge in [0.25, 0.3) is 0 Å². The molecule has 0 radical (unpaired) electrons. The van der Waals surface area contributed by atoms with Crippen LogP contribution >= 0.6 is 23.8 Å². The Morgan fingerprint density at radius 2 is 1.78 bits per heavy atom. The highest BCUT2D eigenvalue weighted by Crippen LogP contribution is 2.19. The van der Waals surface area contributed by atoms with Gasteiger partial charge in [0.2, 0.25) is 4.77 Å². The van der Waals surface area contributed by atoms with E-state index < -0.39 is 0 Å². The fourth-order valence-electron chi connectivity index (χ4n) is 2.97. The lowest BCUT2D eigenvalue weighted by Gasteiger charge is -2.14. The molecule has 0 amide bonds. The van der Waals surface area contributed by atoms with Crippen molar-refractivity contribution in [3.63, 3.8) is 0 Å². The summed E-state index contributed by atoms with van der Waals surface area (Å²) in [5.41, 5.74) is 2.24. The Morgan fingerprint density at radius 1 is 1.11 bits per heavy atom. The van der Waals surface area contributed by atoms with E-state index in [1.54, 1.807) is 0 Å². The van der Waals surface area contributed by atoms with Gasteiger partial charge < -0.3 is 14.2 Å². The number of rotatable bonds is 7. The first-order chi connectivity index (χ1) is 13.0. The molecule has 5 nitrogen and oxygen atoms in total. The topological polar surface area (TPSA) is 36.4 Å². The molecule has 1 heterocycles. The number of nitrogens with one attached hydrogen (secondary N) is 1. The molecule has 0 aliphatic rings. The third-order valence-corrected chi connectivity index (χ3v) is 5.04. The zero-order valence-corrected chi connectivity index (χ0v) is 17.3. The van der Waals surface area contributed by atoms with E-state index in [-0.39, 0.29) is 0 Å². The Hall–Kier alpha value is -2.15. The molecule has 7 heteroatoms. The molecule has 0 bridgehead atoms. The summed E-state index contributed by atoms with van der Waals surface area (Å²) in [6, 6.07) is 15.9. The molecular formula is C20H24ClN4OS+. The third-order valence-electron chi connectivity index (χ3n) is 4.30. The van der Waals surface area contributed by atoms with Gasteiger partial charge in [0, 0.05) is 23.2 Å². The predicted octanol–water partition coefficient (Wildman–Crippen LogP) is 3.34. The molecule has 1 aromatic heterocycles. The molecule has 1 unspecified atom stereocenters. The van der Waals surface area contributed by atoms with Crippen LogP contribution in [0.5, 0.6) is 5.75 Å². The molecule has 3 rings (SSSR count). The lowest BCUT2D eigenvalue weighted by atomic mass is 10.2. The van der Waals surface area contributed by atoms with Crippen LogP contribution in [0.3, 0.4) is 0 Å². The Bertz CT molecular complexity index is 948. The highest BCUT2D eigenvalue weighted by Gasteiger charge is 2.13. The average molecular weight is 404 g/mol. The van der Waals surface area contributed by atoms with Crippen LogP contribution in [0.2, 0.25) is 5.02 Å². The summed E-state index contributed by atoms with van der Waals surface area (Å²) in [4.78, 5) is 1.29. The van der Waals surface area contributed by atoms with Gasteiger partial charge in [0.05, 0.1) is 13.7 Å². The first kappa shape index (κ1) is 19.6. The number of aromatic nitrogens is 3. The summed E-state index contributed by atoms with van der Waals surface area (Å²) in [5.74, 6) is 1.74. The van der Waals surface area contributed by atoms with E-state index in [9.17, 15) is 0 Å². The van der Waals surface area contributed by atoms with E-state index in [0.29, 0.717) is 23.1 Å². The summed E-state index contributed by atoms with van der Waals surface area (Å²) in [6.45, 7) is 4.23. The molecule has 142 valence electrons. The van der Waals surface area contributed by atoms with Gasteiger partial charge in [-0.25, -0.2) is 0 Å². The van der Waals surface area contributed by atoms with Crippen LogP contribution in [0.4, 0.5) is 0 Å². The van der Waals surface area contributed by atoms with Crippen molar-refractivity contribution in [3.05, 3.63) is 63.9 Å². The maximum absolute atomic E-state index is 5.98. The van der Waals surface area contributed by atoms with Gasteiger partial charge in [-0.3, -0.25) is 0 Å².